The van der Waals surface area contributed by atoms with E-state index in [1.54, 1.807) is 21.1 Å². The molecule has 0 radical (unpaired) electrons. The molecule has 0 aliphatic carbocycles. The molecule has 0 saturated carbocycles. The number of nitrogens with zero attached hydrogens (tertiary/aromatic N) is 2. The van der Waals surface area contributed by atoms with Crippen LogP contribution < -0.4 is 0 Å². The third-order valence-corrected chi connectivity index (χ3v) is 5.02. The highest BCUT2D eigenvalue weighted by Crippen LogP contribution is 2.18. The summed E-state index contributed by atoms with van der Waals surface area (Å²) in [5, 5.41) is 0. The summed E-state index contributed by atoms with van der Waals surface area (Å²) in [4.78, 5) is 0. The van der Waals surface area contributed by atoms with Crippen molar-refractivity contribution in [1.82, 2.24) is 8.61 Å². The van der Waals surface area contributed by atoms with E-state index < -0.39 is 10.2 Å². The minimum Gasteiger partial charge on any atom is -0.195 e. The van der Waals surface area contributed by atoms with Crippen LogP contribution in [0.3, 0.4) is 0 Å². The topological polar surface area (TPSA) is 40.6 Å². The smallest absolute Gasteiger partial charge is 0.195 e. The highest BCUT2D eigenvalue weighted by atomic mass is 32.2. The summed E-state index contributed by atoms with van der Waals surface area (Å²) in [6, 6.07) is -0.00282. The Balaban J connectivity index is 4.78. The minimum absolute atomic E-state index is 0.00282. The van der Waals surface area contributed by atoms with E-state index in [4.69, 9.17) is 0 Å². The van der Waals surface area contributed by atoms with Crippen LogP contribution in [0.4, 0.5) is 0 Å². The van der Waals surface area contributed by atoms with Crippen molar-refractivity contribution in [1.29, 1.82) is 0 Å². The molecule has 19 heavy (non-hydrogen) atoms. The van der Waals surface area contributed by atoms with Gasteiger partial charge in [-0.15, -0.1) is 12.3 Å². The summed E-state index contributed by atoms with van der Waals surface area (Å²) in [6.07, 6.45) is 7.96. The van der Waals surface area contributed by atoms with Crippen molar-refractivity contribution in [3.8, 4) is 0 Å². The second-order valence-corrected chi connectivity index (χ2v) is 6.87. The molecular weight excluding hydrogens is 260 g/mol. The van der Waals surface area contributed by atoms with Crippen LogP contribution in [0.15, 0.2) is 31.0 Å². The van der Waals surface area contributed by atoms with Gasteiger partial charge in [-0.25, -0.2) is 0 Å². The molecule has 0 aliphatic rings. The molecule has 0 amide bonds. The minimum atomic E-state index is -3.36. The van der Waals surface area contributed by atoms with E-state index in [-0.39, 0.29) is 6.04 Å². The quantitative estimate of drug-likeness (QED) is 0.352. The average molecular weight is 286 g/mol. The van der Waals surface area contributed by atoms with Crippen molar-refractivity contribution in [3.05, 3.63) is 31.0 Å². The van der Waals surface area contributed by atoms with Crippen molar-refractivity contribution in [2.45, 2.75) is 38.1 Å². The fourth-order valence-electron chi connectivity index (χ4n) is 1.83. The lowest BCUT2D eigenvalue weighted by atomic mass is 10.0. The molecule has 0 fully saturated rings. The number of hydrogen-bond acceptors (Lipinski definition) is 2. The molecule has 0 bridgehead atoms. The van der Waals surface area contributed by atoms with Crippen molar-refractivity contribution in [3.63, 3.8) is 0 Å². The maximum Gasteiger partial charge on any atom is 0.281 e. The van der Waals surface area contributed by atoms with E-state index in [9.17, 15) is 8.42 Å². The molecule has 0 rings (SSSR count). The van der Waals surface area contributed by atoms with Gasteiger partial charge in [-0.3, -0.25) is 0 Å². The Bertz CT molecular complexity index is 409. The lowest BCUT2D eigenvalue weighted by molar-refractivity contribution is 0.309. The molecule has 1 unspecified atom stereocenters. The van der Waals surface area contributed by atoms with Crippen LogP contribution in [0.2, 0.25) is 0 Å². The zero-order chi connectivity index (χ0) is 14.9. The molecule has 5 heteroatoms. The van der Waals surface area contributed by atoms with Gasteiger partial charge in [0.1, 0.15) is 0 Å². The predicted octanol–water partition coefficient (Wildman–Crippen LogP) is 2.57. The van der Waals surface area contributed by atoms with Gasteiger partial charge in [0.15, 0.2) is 0 Å². The molecule has 0 aliphatic heterocycles. The van der Waals surface area contributed by atoms with Gasteiger partial charge in [-0.2, -0.15) is 17.0 Å². The van der Waals surface area contributed by atoms with Crippen LogP contribution in [0, 0.1) is 0 Å². The van der Waals surface area contributed by atoms with Crippen molar-refractivity contribution in [2.24, 2.45) is 0 Å². The summed E-state index contributed by atoms with van der Waals surface area (Å²) >= 11 is 0. The van der Waals surface area contributed by atoms with Gasteiger partial charge in [-0.05, 0) is 38.2 Å². The Hall–Kier alpha value is -0.870. The van der Waals surface area contributed by atoms with E-state index in [1.165, 1.54) is 8.61 Å². The third-order valence-electron chi connectivity index (χ3n) is 3.07. The van der Waals surface area contributed by atoms with Crippen LogP contribution in [0.25, 0.3) is 0 Å². The number of allylic oxidation sites excluding steroid dienone is 2. The summed E-state index contributed by atoms with van der Waals surface area (Å²) in [5.74, 6) is 0. The van der Waals surface area contributed by atoms with E-state index in [1.807, 2.05) is 12.2 Å². The van der Waals surface area contributed by atoms with E-state index in [0.717, 1.165) is 32.1 Å². The molecule has 110 valence electrons. The molecule has 0 saturated heterocycles. The first-order chi connectivity index (χ1) is 8.87. The average Bonchev–Trinajstić information content (AvgIpc) is 2.36. The zero-order valence-corrected chi connectivity index (χ0v) is 13.1. The third kappa shape index (κ3) is 6.21. The Morgan fingerprint density at radius 3 is 2.32 bits per heavy atom. The molecular formula is C14H26N2O2S. The number of unbranched alkanes of at least 4 members (excludes halogenated alkanes) is 1. The molecule has 0 spiro atoms. The predicted molar refractivity (Wildman–Crippen MR) is 81.1 cm³/mol. The van der Waals surface area contributed by atoms with Gasteiger partial charge in [0.25, 0.3) is 10.2 Å². The van der Waals surface area contributed by atoms with Gasteiger partial charge in [-0.1, -0.05) is 12.7 Å². The largest absolute Gasteiger partial charge is 0.281 e. The first-order valence-electron chi connectivity index (χ1n) is 6.48. The number of hydrogen-bond donors (Lipinski definition) is 0. The lowest BCUT2D eigenvalue weighted by Crippen LogP contribution is -2.43. The van der Waals surface area contributed by atoms with E-state index in [2.05, 4.69) is 18.9 Å². The van der Waals surface area contributed by atoms with Crippen LogP contribution >= 0.6 is 0 Å². The first-order valence-corrected chi connectivity index (χ1v) is 7.88. The van der Waals surface area contributed by atoms with Crippen molar-refractivity contribution < 1.29 is 8.42 Å². The van der Waals surface area contributed by atoms with E-state index >= 15 is 0 Å². The second kappa shape index (κ2) is 9.10. The summed E-state index contributed by atoms with van der Waals surface area (Å²) in [7, 11) is 1.39. The fraction of sp³-hybridized carbons (Fsp3) is 0.643. The van der Waals surface area contributed by atoms with E-state index in [0.29, 0.717) is 0 Å². The maximum absolute atomic E-state index is 12.1. The maximum atomic E-state index is 12.1. The summed E-state index contributed by atoms with van der Waals surface area (Å²) in [6.45, 7) is 7.21. The SMILES string of the molecule is C=C=CCCC(CCCC=C)N(C)S(=O)(=O)N(C)C. The molecule has 0 aromatic heterocycles. The van der Waals surface area contributed by atoms with Gasteiger partial charge >= 0.3 is 0 Å². The van der Waals surface area contributed by atoms with Crippen molar-refractivity contribution >= 4 is 10.2 Å². The standard InChI is InChI=1S/C14H26N2O2S/c1-6-8-10-12-14(13-11-9-7-2)16(5)19(17,18)15(3)4/h6,9,14H,1-2,8,10-13H2,3-5H3. The fourth-order valence-corrected chi connectivity index (χ4v) is 2.93. The Kier molecular flexibility index (Phi) is 8.68. The van der Waals surface area contributed by atoms with Crippen LogP contribution in [-0.4, -0.2) is 44.2 Å². The lowest BCUT2D eigenvalue weighted by Gasteiger charge is -2.29. The molecule has 4 nitrogen and oxygen atoms in total. The van der Waals surface area contributed by atoms with Gasteiger partial charge < -0.3 is 0 Å². The first kappa shape index (κ1) is 18.1. The normalized spacial score (nSPS) is 13.3. The Morgan fingerprint density at radius 1 is 1.21 bits per heavy atom. The van der Waals surface area contributed by atoms with Crippen LogP contribution in [-0.2, 0) is 10.2 Å². The molecule has 0 heterocycles. The van der Waals surface area contributed by atoms with Gasteiger partial charge in [0, 0.05) is 27.2 Å². The van der Waals surface area contributed by atoms with Crippen LogP contribution in [0.5, 0.6) is 0 Å². The molecule has 0 N–H and O–H groups in total. The van der Waals surface area contributed by atoms with Gasteiger partial charge in [0.2, 0.25) is 0 Å². The van der Waals surface area contributed by atoms with Gasteiger partial charge in [0.05, 0.1) is 0 Å². The summed E-state index contributed by atoms with van der Waals surface area (Å²) < 4.78 is 27.0. The molecule has 1 atom stereocenters. The highest BCUT2D eigenvalue weighted by Gasteiger charge is 2.27. The Morgan fingerprint density at radius 2 is 1.84 bits per heavy atom. The Labute approximate surface area is 118 Å². The molecule has 0 aromatic carbocycles. The second-order valence-electron chi connectivity index (χ2n) is 4.67. The number of rotatable bonds is 10. The summed E-state index contributed by atoms with van der Waals surface area (Å²) in [5.41, 5.74) is 2.72. The van der Waals surface area contributed by atoms with Crippen molar-refractivity contribution in [2.75, 3.05) is 21.1 Å². The highest BCUT2D eigenvalue weighted by molar-refractivity contribution is 7.86. The zero-order valence-electron chi connectivity index (χ0n) is 12.3. The van der Waals surface area contributed by atoms with Crippen LogP contribution in [0.1, 0.15) is 32.1 Å². The monoisotopic (exact) mass is 286 g/mol. The molecule has 0 aromatic rings.